The molecule has 4 nitrogen and oxygen atoms in total. The molecule has 1 fully saturated rings. The molecule has 3 aromatic carbocycles. The summed E-state index contributed by atoms with van der Waals surface area (Å²) < 4.78 is 13.3. The highest BCUT2D eigenvalue weighted by atomic mass is 32.2. The highest BCUT2D eigenvalue weighted by molar-refractivity contribution is 8.00. The van der Waals surface area contributed by atoms with Crippen LogP contribution in [0.4, 0.5) is 15.8 Å². The second-order valence-corrected chi connectivity index (χ2v) is 9.21. The Labute approximate surface area is 198 Å². The van der Waals surface area contributed by atoms with Crippen molar-refractivity contribution in [1.29, 1.82) is 0 Å². The van der Waals surface area contributed by atoms with Gasteiger partial charge in [-0.1, -0.05) is 44.0 Å². The molecular weight excluding hydrogens is 435 g/mol. The minimum Gasteiger partial charge on any atom is -0.322 e. The van der Waals surface area contributed by atoms with Gasteiger partial charge >= 0.3 is 0 Å². The van der Waals surface area contributed by atoms with E-state index in [0.717, 1.165) is 18.4 Å². The molecule has 4 rings (SSSR count). The molecule has 3 aromatic rings. The number of carbonyl (C=O) groups is 2. The van der Waals surface area contributed by atoms with E-state index in [2.05, 4.69) is 12.2 Å². The van der Waals surface area contributed by atoms with Crippen LogP contribution in [0.2, 0.25) is 0 Å². The summed E-state index contributed by atoms with van der Waals surface area (Å²) in [6.07, 6.45) is 4.59. The maximum atomic E-state index is 13.3. The van der Waals surface area contributed by atoms with E-state index in [1.165, 1.54) is 42.3 Å². The van der Waals surface area contributed by atoms with Crippen LogP contribution in [-0.2, 0) is 11.2 Å². The summed E-state index contributed by atoms with van der Waals surface area (Å²) >= 11 is 1.51. The molecular formula is C27H27FN2O2S. The average Bonchev–Trinajstić information content (AvgIpc) is 3.22. The Morgan fingerprint density at radius 3 is 2.55 bits per heavy atom. The molecule has 33 heavy (non-hydrogen) atoms. The molecule has 0 aromatic heterocycles. The monoisotopic (exact) mass is 462 g/mol. The molecule has 0 aliphatic carbocycles. The van der Waals surface area contributed by atoms with Gasteiger partial charge in [0.05, 0.1) is 5.75 Å². The van der Waals surface area contributed by atoms with E-state index in [0.29, 0.717) is 22.7 Å². The van der Waals surface area contributed by atoms with Gasteiger partial charge in [-0.05, 0) is 72.5 Å². The number of nitrogens with zero attached hydrogens (tertiary/aromatic N) is 1. The van der Waals surface area contributed by atoms with Crippen LogP contribution >= 0.6 is 11.8 Å². The maximum Gasteiger partial charge on any atom is 0.255 e. The lowest BCUT2D eigenvalue weighted by molar-refractivity contribution is -0.115. The second-order valence-electron chi connectivity index (χ2n) is 8.14. The third kappa shape index (κ3) is 5.63. The largest absolute Gasteiger partial charge is 0.322 e. The number of unbranched alkanes of at least 4 members (excludes halogenated alkanes) is 2. The SMILES string of the molecule is CCCCCc1ccc(C(=O)Nc2cccc(C3SCC(=O)N3c3ccc(F)cc3)c2)cc1. The van der Waals surface area contributed by atoms with Crippen LogP contribution < -0.4 is 10.2 Å². The van der Waals surface area contributed by atoms with Gasteiger partial charge in [0.1, 0.15) is 11.2 Å². The van der Waals surface area contributed by atoms with Crippen LogP contribution in [0.25, 0.3) is 0 Å². The Bertz CT molecular complexity index is 1120. The number of benzene rings is 3. The molecule has 0 spiro atoms. The fourth-order valence-corrected chi connectivity index (χ4v) is 5.09. The Balaban J connectivity index is 1.47. The summed E-state index contributed by atoms with van der Waals surface area (Å²) in [5.74, 6) is -0.181. The van der Waals surface area contributed by atoms with E-state index in [1.807, 2.05) is 48.5 Å². The van der Waals surface area contributed by atoms with Crippen molar-refractivity contribution in [1.82, 2.24) is 0 Å². The number of nitrogens with one attached hydrogen (secondary N) is 1. The molecule has 1 N–H and O–H groups in total. The molecule has 1 saturated heterocycles. The minimum atomic E-state index is -0.340. The predicted molar refractivity (Wildman–Crippen MR) is 133 cm³/mol. The summed E-state index contributed by atoms with van der Waals surface area (Å²) in [5, 5.41) is 2.73. The molecule has 1 unspecified atom stereocenters. The van der Waals surface area contributed by atoms with E-state index in [1.54, 1.807) is 17.0 Å². The lowest BCUT2D eigenvalue weighted by atomic mass is 10.0. The van der Waals surface area contributed by atoms with Crippen molar-refractivity contribution in [2.75, 3.05) is 16.0 Å². The number of hydrogen-bond donors (Lipinski definition) is 1. The first-order valence-electron chi connectivity index (χ1n) is 11.2. The zero-order valence-electron chi connectivity index (χ0n) is 18.6. The van der Waals surface area contributed by atoms with Crippen molar-refractivity contribution >= 4 is 35.0 Å². The van der Waals surface area contributed by atoms with Crippen LogP contribution in [-0.4, -0.2) is 17.6 Å². The highest BCUT2D eigenvalue weighted by Gasteiger charge is 2.34. The first kappa shape index (κ1) is 23.1. The molecule has 1 aliphatic heterocycles. The number of anilines is 2. The van der Waals surface area contributed by atoms with Crippen LogP contribution in [0.15, 0.2) is 72.8 Å². The fourth-order valence-electron chi connectivity index (χ4n) is 3.93. The molecule has 1 atom stereocenters. The van der Waals surface area contributed by atoms with Gasteiger partial charge in [0.15, 0.2) is 0 Å². The van der Waals surface area contributed by atoms with Crippen molar-refractivity contribution in [3.8, 4) is 0 Å². The number of aryl methyl sites for hydroxylation is 1. The molecule has 2 amide bonds. The highest BCUT2D eigenvalue weighted by Crippen LogP contribution is 2.42. The predicted octanol–water partition coefficient (Wildman–Crippen LogP) is 6.59. The van der Waals surface area contributed by atoms with Gasteiger partial charge < -0.3 is 5.32 Å². The number of thioether (sulfide) groups is 1. The zero-order valence-corrected chi connectivity index (χ0v) is 19.4. The van der Waals surface area contributed by atoms with Gasteiger partial charge in [0, 0.05) is 16.9 Å². The first-order valence-corrected chi connectivity index (χ1v) is 12.3. The Morgan fingerprint density at radius 1 is 1.06 bits per heavy atom. The lowest BCUT2D eigenvalue weighted by Gasteiger charge is -2.24. The minimum absolute atomic E-state index is 0.0231. The summed E-state index contributed by atoms with van der Waals surface area (Å²) in [4.78, 5) is 27.0. The number of amides is 2. The molecule has 0 radical (unpaired) electrons. The summed E-state index contributed by atoms with van der Waals surface area (Å²) in [5.41, 5.74) is 4.08. The number of halogens is 1. The van der Waals surface area contributed by atoms with Crippen molar-refractivity contribution in [3.05, 3.63) is 95.3 Å². The van der Waals surface area contributed by atoms with E-state index in [9.17, 15) is 14.0 Å². The normalized spacial score (nSPS) is 15.6. The quantitative estimate of drug-likeness (QED) is 0.384. The molecule has 6 heteroatoms. The van der Waals surface area contributed by atoms with Crippen LogP contribution in [0.3, 0.4) is 0 Å². The molecule has 1 heterocycles. The lowest BCUT2D eigenvalue weighted by Crippen LogP contribution is -2.27. The molecule has 170 valence electrons. The van der Waals surface area contributed by atoms with Crippen molar-refractivity contribution in [3.63, 3.8) is 0 Å². The third-order valence-corrected chi connectivity index (χ3v) is 6.90. The van der Waals surface area contributed by atoms with Gasteiger partial charge in [0.25, 0.3) is 5.91 Å². The van der Waals surface area contributed by atoms with Gasteiger partial charge in [-0.15, -0.1) is 11.8 Å². The zero-order chi connectivity index (χ0) is 23.2. The number of rotatable bonds is 8. The summed E-state index contributed by atoms with van der Waals surface area (Å²) in [7, 11) is 0. The summed E-state index contributed by atoms with van der Waals surface area (Å²) in [6.45, 7) is 2.19. The Kier molecular flexibility index (Phi) is 7.45. The Hall–Kier alpha value is -3.12. The smallest absolute Gasteiger partial charge is 0.255 e. The van der Waals surface area contributed by atoms with Gasteiger partial charge in [-0.25, -0.2) is 4.39 Å². The topological polar surface area (TPSA) is 49.4 Å². The molecule has 1 aliphatic rings. The van der Waals surface area contributed by atoms with Crippen molar-refractivity contribution in [2.45, 2.75) is 38.0 Å². The van der Waals surface area contributed by atoms with E-state index >= 15 is 0 Å². The standard InChI is InChI=1S/C27H27FN2O2S/c1-2-3-4-6-19-9-11-20(12-10-19)26(32)29-23-8-5-7-21(17-23)27-30(25(31)18-33-27)24-15-13-22(28)14-16-24/h5,7-17,27H,2-4,6,18H2,1H3,(H,29,32). The third-order valence-electron chi connectivity index (χ3n) is 5.69. The van der Waals surface area contributed by atoms with Crippen LogP contribution in [0.1, 0.15) is 53.0 Å². The summed E-state index contributed by atoms with van der Waals surface area (Å²) in [6, 6.07) is 21.2. The van der Waals surface area contributed by atoms with Gasteiger partial charge in [-0.2, -0.15) is 0 Å². The number of hydrogen-bond acceptors (Lipinski definition) is 3. The Morgan fingerprint density at radius 2 is 1.82 bits per heavy atom. The van der Waals surface area contributed by atoms with Crippen LogP contribution in [0, 0.1) is 5.82 Å². The van der Waals surface area contributed by atoms with E-state index < -0.39 is 0 Å². The van der Waals surface area contributed by atoms with Crippen LogP contribution in [0.5, 0.6) is 0 Å². The average molecular weight is 463 g/mol. The first-order chi connectivity index (χ1) is 16.0. The van der Waals surface area contributed by atoms with Gasteiger partial charge in [-0.3, -0.25) is 14.5 Å². The second kappa shape index (κ2) is 10.7. The fraction of sp³-hybridized carbons (Fsp3) is 0.259. The number of carbonyl (C=O) groups excluding carboxylic acids is 2. The van der Waals surface area contributed by atoms with Crippen molar-refractivity contribution in [2.24, 2.45) is 0 Å². The van der Waals surface area contributed by atoms with E-state index in [4.69, 9.17) is 0 Å². The van der Waals surface area contributed by atoms with Crippen molar-refractivity contribution < 1.29 is 14.0 Å². The van der Waals surface area contributed by atoms with E-state index in [-0.39, 0.29) is 23.0 Å². The molecule has 0 bridgehead atoms. The molecule has 0 saturated carbocycles. The maximum absolute atomic E-state index is 13.3. The van der Waals surface area contributed by atoms with Gasteiger partial charge in [0.2, 0.25) is 5.91 Å².